The number of rotatable bonds is 8. The average molecular weight is 436 g/mol. The molecule has 0 aliphatic carbocycles. The van der Waals surface area contributed by atoms with E-state index in [1.54, 1.807) is 11.8 Å². The predicted molar refractivity (Wildman–Crippen MR) is 124 cm³/mol. The minimum absolute atomic E-state index is 0.302. The highest BCUT2D eigenvalue weighted by atomic mass is 35.5. The fourth-order valence-corrected chi connectivity index (χ4v) is 4.49. The minimum Gasteiger partial charge on any atom is -0.481 e. The number of fused-ring (bicyclic) bond motifs is 1. The second kappa shape index (κ2) is 9.37. The summed E-state index contributed by atoms with van der Waals surface area (Å²) in [7, 11) is 0. The van der Waals surface area contributed by atoms with Crippen LogP contribution in [-0.2, 0) is 12.3 Å². The van der Waals surface area contributed by atoms with E-state index in [0.717, 1.165) is 16.7 Å². The molecule has 1 atom stereocenters. The highest BCUT2D eigenvalue weighted by molar-refractivity contribution is 7.98. The van der Waals surface area contributed by atoms with Gasteiger partial charge in [-0.3, -0.25) is 4.57 Å². The number of hydrogen-bond acceptors (Lipinski definition) is 4. The summed E-state index contributed by atoms with van der Waals surface area (Å²) in [4.78, 5) is 0. The molecule has 0 saturated heterocycles. The molecule has 152 valence electrons. The van der Waals surface area contributed by atoms with E-state index in [-0.39, 0.29) is 6.10 Å². The molecule has 0 aliphatic heterocycles. The number of allylic oxidation sites excluding steroid dienone is 1. The molecular weight excluding hydrogens is 414 g/mol. The van der Waals surface area contributed by atoms with E-state index >= 15 is 0 Å². The van der Waals surface area contributed by atoms with E-state index in [9.17, 15) is 0 Å². The molecule has 0 aliphatic rings. The fraction of sp³-hybridized carbons (Fsp3) is 0.167. The zero-order chi connectivity index (χ0) is 20.9. The normalized spacial score (nSPS) is 12.1. The second-order valence-corrected chi connectivity index (χ2v) is 8.21. The zero-order valence-electron chi connectivity index (χ0n) is 16.7. The maximum Gasteiger partial charge on any atom is 0.191 e. The number of ether oxygens (including phenoxy) is 1. The van der Waals surface area contributed by atoms with Gasteiger partial charge in [0.1, 0.15) is 5.75 Å². The van der Waals surface area contributed by atoms with Crippen LogP contribution in [0.5, 0.6) is 5.75 Å². The SMILES string of the molecule is C=CCn1c(SCc2cccc3ccccc23)nnc1C(C)Oc1ccccc1Cl. The molecule has 6 heteroatoms. The van der Waals surface area contributed by atoms with Crippen molar-refractivity contribution < 1.29 is 4.74 Å². The van der Waals surface area contributed by atoms with Crippen LogP contribution in [0.3, 0.4) is 0 Å². The molecule has 0 saturated carbocycles. The van der Waals surface area contributed by atoms with Gasteiger partial charge in [-0.05, 0) is 35.4 Å². The van der Waals surface area contributed by atoms with Crippen LogP contribution < -0.4 is 4.74 Å². The van der Waals surface area contributed by atoms with Crippen LogP contribution in [0.1, 0.15) is 24.4 Å². The van der Waals surface area contributed by atoms with Crippen molar-refractivity contribution >= 4 is 34.1 Å². The quantitative estimate of drug-likeness (QED) is 0.228. The molecule has 0 bridgehead atoms. The van der Waals surface area contributed by atoms with Crippen molar-refractivity contribution in [3.8, 4) is 5.75 Å². The number of thioether (sulfide) groups is 1. The smallest absolute Gasteiger partial charge is 0.191 e. The van der Waals surface area contributed by atoms with Gasteiger partial charge in [0.05, 0.1) is 5.02 Å². The molecule has 0 N–H and O–H groups in total. The zero-order valence-corrected chi connectivity index (χ0v) is 18.2. The Balaban J connectivity index is 1.56. The first kappa shape index (κ1) is 20.5. The van der Waals surface area contributed by atoms with Crippen molar-refractivity contribution in [3.05, 3.63) is 95.8 Å². The van der Waals surface area contributed by atoms with Gasteiger partial charge in [-0.25, -0.2) is 0 Å². The second-order valence-electron chi connectivity index (χ2n) is 6.86. The van der Waals surface area contributed by atoms with Crippen LogP contribution in [0.4, 0.5) is 0 Å². The highest BCUT2D eigenvalue weighted by Crippen LogP contribution is 2.31. The largest absolute Gasteiger partial charge is 0.481 e. The van der Waals surface area contributed by atoms with Crippen molar-refractivity contribution in [3.63, 3.8) is 0 Å². The summed E-state index contributed by atoms with van der Waals surface area (Å²) >= 11 is 7.90. The lowest BCUT2D eigenvalue weighted by atomic mass is 10.1. The topological polar surface area (TPSA) is 39.9 Å². The summed E-state index contributed by atoms with van der Waals surface area (Å²) in [6.45, 7) is 6.44. The van der Waals surface area contributed by atoms with Gasteiger partial charge in [0.25, 0.3) is 0 Å². The van der Waals surface area contributed by atoms with Crippen molar-refractivity contribution in [1.82, 2.24) is 14.8 Å². The number of nitrogens with zero attached hydrogens (tertiary/aromatic N) is 3. The molecule has 0 fully saturated rings. The molecule has 4 nitrogen and oxygen atoms in total. The highest BCUT2D eigenvalue weighted by Gasteiger charge is 2.20. The van der Waals surface area contributed by atoms with E-state index in [1.165, 1.54) is 16.3 Å². The lowest BCUT2D eigenvalue weighted by Crippen LogP contribution is -2.12. The van der Waals surface area contributed by atoms with Gasteiger partial charge in [-0.15, -0.1) is 16.8 Å². The molecule has 0 radical (unpaired) electrons. The number of hydrogen-bond donors (Lipinski definition) is 0. The van der Waals surface area contributed by atoms with Crippen LogP contribution in [0.25, 0.3) is 10.8 Å². The van der Waals surface area contributed by atoms with E-state index in [2.05, 4.69) is 59.2 Å². The molecule has 0 spiro atoms. The van der Waals surface area contributed by atoms with Crippen LogP contribution in [0, 0.1) is 0 Å². The lowest BCUT2D eigenvalue weighted by Gasteiger charge is -2.16. The van der Waals surface area contributed by atoms with Crippen molar-refractivity contribution in [2.75, 3.05) is 0 Å². The van der Waals surface area contributed by atoms with Crippen molar-refractivity contribution in [2.45, 2.75) is 30.5 Å². The fourth-order valence-electron chi connectivity index (χ4n) is 3.35. The first-order valence-corrected chi connectivity index (χ1v) is 11.1. The van der Waals surface area contributed by atoms with Gasteiger partial charge in [-0.1, -0.05) is 84.0 Å². The molecule has 3 aromatic carbocycles. The molecule has 4 rings (SSSR count). The summed E-state index contributed by atoms with van der Waals surface area (Å²) in [6.07, 6.45) is 1.54. The van der Waals surface area contributed by atoms with Gasteiger partial charge >= 0.3 is 0 Å². The van der Waals surface area contributed by atoms with Crippen molar-refractivity contribution in [1.29, 1.82) is 0 Å². The molecule has 1 aromatic heterocycles. The Kier molecular flexibility index (Phi) is 6.41. The first-order chi connectivity index (χ1) is 14.7. The van der Waals surface area contributed by atoms with Crippen LogP contribution in [0.2, 0.25) is 5.02 Å². The number of halogens is 1. The van der Waals surface area contributed by atoms with E-state index in [4.69, 9.17) is 16.3 Å². The van der Waals surface area contributed by atoms with Crippen LogP contribution >= 0.6 is 23.4 Å². The minimum atomic E-state index is -0.302. The summed E-state index contributed by atoms with van der Waals surface area (Å²) in [6, 6.07) is 22.2. The van der Waals surface area contributed by atoms with Crippen LogP contribution in [-0.4, -0.2) is 14.8 Å². The standard InChI is InChI=1S/C24H22ClN3OS/c1-3-15-28-23(17(2)29-22-14-7-6-13-21(22)25)26-27-24(28)30-16-19-11-8-10-18-9-4-5-12-20(18)19/h3-14,17H,1,15-16H2,2H3. The summed E-state index contributed by atoms with van der Waals surface area (Å²) in [5, 5.41) is 12.8. The molecule has 1 unspecified atom stereocenters. The molecular formula is C24H22ClN3OS. The Bertz CT molecular complexity index is 1170. The summed E-state index contributed by atoms with van der Waals surface area (Å²) in [5.41, 5.74) is 1.27. The first-order valence-electron chi connectivity index (χ1n) is 9.72. The Morgan fingerprint density at radius 1 is 1.07 bits per heavy atom. The van der Waals surface area contributed by atoms with Gasteiger partial charge in [0.15, 0.2) is 17.1 Å². The Hall–Kier alpha value is -2.76. The van der Waals surface area contributed by atoms with Gasteiger partial charge in [0.2, 0.25) is 0 Å². The third kappa shape index (κ3) is 4.37. The van der Waals surface area contributed by atoms with Gasteiger partial charge < -0.3 is 4.74 Å². The molecule has 4 aromatic rings. The van der Waals surface area contributed by atoms with Gasteiger partial charge in [0, 0.05) is 12.3 Å². The van der Waals surface area contributed by atoms with Crippen molar-refractivity contribution in [2.24, 2.45) is 0 Å². The Morgan fingerprint density at radius 2 is 1.83 bits per heavy atom. The van der Waals surface area contributed by atoms with Crippen LogP contribution in [0.15, 0.2) is 84.5 Å². The lowest BCUT2D eigenvalue weighted by molar-refractivity contribution is 0.210. The third-order valence-electron chi connectivity index (χ3n) is 4.80. The Morgan fingerprint density at radius 3 is 2.67 bits per heavy atom. The van der Waals surface area contributed by atoms with Gasteiger partial charge in [-0.2, -0.15) is 0 Å². The number of benzene rings is 3. The monoisotopic (exact) mass is 435 g/mol. The number of para-hydroxylation sites is 1. The summed E-state index contributed by atoms with van der Waals surface area (Å²) < 4.78 is 8.10. The maximum atomic E-state index is 6.24. The molecule has 30 heavy (non-hydrogen) atoms. The predicted octanol–water partition coefficient (Wildman–Crippen LogP) is 6.70. The average Bonchev–Trinajstić information content (AvgIpc) is 3.17. The maximum absolute atomic E-state index is 6.24. The molecule has 1 heterocycles. The van der Waals surface area contributed by atoms with E-state index < -0.39 is 0 Å². The third-order valence-corrected chi connectivity index (χ3v) is 6.13. The van der Waals surface area contributed by atoms with E-state index in [1.807, 2.05) is 41.8 Å². The molecule has 0 amide bonds. The van der Waals surface area contributed by atoms with E-state index in [0.29, 0.717) is 17.3 Å². The summed E-state index contributed by atoms with van der Waals surface area (Å²) in [5.74, 6) is 2.18. The Labute approximate surface area is 185 Å². The number of aromatic nitrogens is 3.